The van der Waals surface area contributed by atoms with Gasteiger partial charge in [-0.15, -0.1) is 11.6 Å². The monoisotopic (exact) mass is 191 g/mol. The number of halogens is 1. The SMILES string of the molecule is COCC(C)N1CCCC(Cl)C1. The Bertz CT molecular complexity index is 132. The lowest BCUT2D eigenvalue weighted by Gasteiger charge is -2.34. The summed E-state index contributed by atoms with van der Waals surface area (Å²) < 4.78 is 5.11. The second-order valence-corrected chi connectivity index (χ2v) is 4.16. The zero-order valence-corrected chi connectivity index (χ0v) is 8.68. The smallest absolute Gasteiger partial charge is 0.0615 e. The molecule has 2 atom stereocenters. The van der Waals surface area contributed by atoms with Crippen LogP contribution in [0.1, 0.15) is 19.8 Å². The van der Waals surface area contributed by atoms with E-state index in [0.717, 1.165) is 19.6 Å². The Morgan fingerprint density at radius 2 is 2.42 bits per heavy atom. The molecule has 0 aromatic rings. The molecule has 0 aromatic heterocycles. The molecule has 1 fully saturated rings. The van der Waals surface area contributed by atoms with E-state index >= 15 is 0 Å². The minimum Gasteiger partial charge on any atom is -0.383 e. The summed E-state index contributed by atoms with van der Waals surface area (Å²) in [4.78, 5) is 2.41. The fourth-order valence-corrected chi connectivity index (χ4v) is 2.03. The second kappa shape index (κ2) is 5.05. The van der Waals surface area contributed by atoms with Crippen molar-refractivity contribution in [2.24, 2.45) is 0 Å². The first-order chi connectivity index (χ1) is 5.74. The lowest BCUT2D eigenvalue weighted by atomic mass is 10.1. The second-order valence-electron chi connectivity index (χ2n) is 3.54. The quantitative estimate of drug-likeness (QED) is 0.630. The summed E-state index contributed by atoms with van der Waals surface area (Å²) in [5.74, 6) is 0. The van der Waals surface area contributed by atoms with Crippen LogP contribution in [0.5, 0.6) is 0 Å². The molecule has 12 heavy (non-hydrogen) atoms. The number of hydrogen-bond donors (Lipinski definition) is 0. The van der Waals surface area contributed by atoms with E-state index in [4.69, 9.17) is 16.3 Å². The van der Waals surface area contributed by atoms with Gasteiger partial charge in [-0.3, -0.25) is 4.90 Å². The highest BCUT2D eigenvalue weighted by molar-refractivity contribution is 6.20. The van der Waals surface area contributed by atoms with Gasteiger partial charge in [-0.05, 0) is 26.3 Å². The van der Waals surface area contributed by atoms with Gasteiger partial charge in [0.1, 0.15) is 0 Å². The maximum atomic E-state index is 6.07. The number of nitrogens with zero attached hydrogens (tertiary/aromatic N) is 1. The summed E-state index contributed by atoms with van der Waals surface area (Å²) in [6.07, 6.45) is 2.39. The van der Waals surface area contributed by atoms with Crippen LogP contribution in [0.25, 0.3) is 0 Å². The molecular weight excluding hydrogens is 174 g/mol. The Balaban J connectivity index is 2.29. The lowest BCUT2D eigenvalue weighted by molar-refractivity contribution is 0.0875. The van der Waals surface area contributed by atoms with Crippen molar-refractivity contribution >= 4 is 11.6 Å². The van der Waals surface area contributed by atoms with Gasteiger partial charge in [0.2, 0.25) is 0 Å². The van der Waals surface area contributed by atoms with Crippen LogP contribution < -0.4 is 0 Å². The molecule has 0 saturated carbocycles. The molecule has 1 saturated heterocycles. The summed E-state index contributed by atoms with van der Waals surface area (Å²) in [6, 6.07) is 0.511. The Morgan fingerprint density at radius 3 is 3.00 bits per heavy atom. The zero-order chi connectivity index (χ0) is 8.97. The summed E-state index contributed by atoms with van der Waals surface area (Å²) in [7, 11) is 1.75. The summed E-state index contributed by atoms with van der Waals surface area (Å²) in [5.41, 5.74) is 0. The van der Waals surface area contributed by atoms with Crippen LogP contribution in [0.3, 0.4) is 0 Å². The largest absolute Gasteiger partial charge is 0.383 e. The van der Waals surface area contributed by atoms with Gasteiger partial charge in [0, 0.05) is 25.1 Å². The van der Waals surface area contributed by atoms with Gasteiger partial charge in [-0.2, -0.15) is 0 Å². The average Bonchev–Trinajstić information content (AvgIpc) is 2.05. The van der Waals surface area contributed by atoms with Crippen LogP contribution in [0, 0.1) is 0 Å². The van der Waals surface area contributed by atoms with E-state index in [-0.39, 0.29) is 0 Å². The van der Waals surface area contributed by atoms with Crippen molar-refractivity contribution in [2.75, 3.05) is 26.8 Å². The molecule has 0 radical (unpaired) electrons. The van der Waals surface area contributed by atoms with Crippen molar-refractivity contribution in [3.8, 4) is 0 Å². The van der Waals surface area contributed by atoms with Gasteiger partial charge >= 0.3 is 0 Å². The molecule has 1 heterocycles. The Morgan fingerprint density at radius 1 is 1.67 bits per heavy atom. The fraction of sp³-hybridized carbons (Fsp3) is 1.00. The third kappa shape index (κ3) is 2.92. The van der Waals surface area contributed by atoms with E-state index in [1.807, 2.05) is 0 Å². The summed E-state index contributed by atoms with van der Waals surface area (Å²) in [6.45, 7) is 5.20. The van der Waals surface area contributed by atoms with Crippen molar-refractivity contribution in [1.29, 1.82) is 0 Å². The Hall–Kier alpha value is 0.210. The van der Waals surface area contributed by atoms with E-state index in [2.05, 4.69) is 11.8 Å². The molecular formula is C9H18ClNO. The zero-order valence-electron chi connectivity index (χ0n) is 7.92. The highest BCUT2D eigenvalue weighted by Gasteiger charge is 2.21. The standard InChI is InChI=1S/C9H18ClNO/c1-8(7-12-2)11-5-3-4-9(10)6-11/h8-9H,3-7H2,1-2H3. The number of piperidine rings is 1. The molecule has 72 valence electrons. The van der Waals surface area contributed by atoms with Crippen molar-refractivity contribution in [2.45, 2.75) is 31.2 Å². The highest BCUT2D eigenvalue weighted by atomic mass is 35.5. The fourth-order valence-electron chi connectivity index (χ4n) is 1.70. The molecule has 1 aliphatic heterocycles. The number of alkyl halides is 1. The number of hydrogen-bond acceptors (Lipinski definition) is 2. The van der Waals surface area contributed by atoms with Crippen LogP contribution in [0.15, 0.2) is 0 Å². The van der Waals surface area contributed by atoms with Crippen LogP contribution in [-0.2, 0) is 4.74 Å². The minimum absolute atomic E-state index is 0.345. The first-order valence-electron chi connectivity index (χ1n) is 4.61. The molecule has 2 nitrogen and oxygen atoms in total. The van der Waals surface area contributed by atoms with Gasteiger partial charge in [0.25, 0.3) is 0 Å². The molecule has 0 spiro atoms. The number of likely N-dealkylation sites (tertiary alicyclic amines) is 1. The van der Waals surface area contributed by atoms with Crippen molar-refractivity contribution in [3.63, 3.8) is 0 Å². The third-order valence-corrected chi connectivity index (χ3v) is 2.78. The Kier molecular flexibility index (Phi) is 4.33. The van der Waals surface area contributed by atoms with E-state index in [1.54, 1.807) is 7.11 Å². The van der Waals surface area contributed by atoms with Gasteiger partial charge in [-0.25, -0.2) is 0 Å². The molecule has 3 heteroatoms. The number of ether oxygens (including phenoxy) is 1. The van der Waals surface area contributed by atoms with Crippen LogP contribution in [-0.4, -0.2) is 43.1 Å². The maximum absolute atomic E-state index is 6.07. The molecule has 1 rings (SSSR count). The minimum atomic E-state index is 0.345. The Labute approximate surface area is 79.8 Å². The number of rotatable bonds is 3. The van der Waals surface area contributed by atoms with Gasteiger partial charge in [-0.1, -0.05) is 0 Å². The van der Waals surface area contributed by atoms with Crippen molar-refractivity contribution < 1.29 is 4.74 Å². The molecule has 0 aromatic carbocycles. The summed E-state index contributed by atoms with van der Waals surface area (Å²) in [5, 5.41) is 0.345. The first-order valence-corrected chi connectivity index (χ1v) is 5.04. The topological polar surface area (TPSA) is 12.5 Å². The third-order valence-electron chi connectivity index (χ3n) is 2.43. The summed E-state index contributed by atoms with van der Waals surface area (Å²) >= 11 is 6.07. The predicted molar refractivity (Wildman–Crippen MR) is 51.8 cm³/mol. The normalized spacial score (nSPS) is 28.8. The maximum Gasteiger partial charge on any atom is 0.0615 e. The molecule has 0 bridgehead atoms. The van der Waals surface area contributed by atoms with Crippen LogP contribution >= 0.6 is 11.6 Å². The number of methoxy groups -OCH3 is 1. The van der Waals surface area contributed by atoms with Crippen molar-refractivity contribution in [3.05, 3.63) is 0 Å². The van der Waals surface area contributed by atoms with Crippen LogP contribution in [0.2, 0.25) is 0 Å². The molecule has 0 N–H and O–H groups in total. The van der Waals surface area contributed by atoms with Gasteiger partial charge in [0.05, 0.1) is 6.61 Å². The van der Waals surface area contributed by atoms with Crippen molar-refractivity contribution in [1.82, 2.24) is 4.90 Å². The first kappa shape index (κ1) is 10.3. The molecule has 0 aliphatic carbocycles. The van der Waals surface area contributed by atoms with Crippen LogP contribution in [0.4, 0.5) is 0 Å². The van der Waals surface area contributed by atoms with Gasteiger partial charge in [0.15, 0.2) is 0 Å². The molecule has 1 aliphatic rings. The lowest BCUT2D eigenvalue weighted by Crippen LogP contribution is -2.43. The molecule has 0 amide bonds. The predicted octanol–water partition coefficient (Wildman–Crippen LogP) is 1.72. The average molecular weight is 192 g/mol. The molecule has 2 unspecified atom stereocenters. The van der Waals surface area contributed by atoms with E-state index < -0.39 is 0 Å². The van der Waals surface area contributed by atoms with E-state index in [9.17, 15) is 0 Å². The van der Waals surface area contributed by atoms with Gasteiger partial charge < -0.3 is 4.74 Å². The van der Waals surface area contributed by atoms with E-state index in [1.165, 1.54) is 13.0 Å². The van der Waals surface area contributed by atoms with E-state index in [0.29, 0.717) is 11.4 Å². The highest BCUT2D eigenvalue weighted by Crippen LogP contribution is 2.17.